The van der Waals surface area contributed by atoms with Gasteiger partial charge in [0, 0.05) is 17.5 Å². The third-order valence-electron chi connectivity index (χ3n) is 1.73. The van der Waals surface area contributed by atoms with E-state index in [1.165, 1.54) is 10.6 Å². The highest BCUT2D eigenvalue weighted by Gasteiger charge is 1.96. The van der Waals surface area contributed by atoms with Gasteiger partial charge >= 0.3 is 0 Å². The molecule has 0 fully saturated rings. The molecular formula is C9H14N2O2S. The van der Waals surface area contributed by atoms with E-state index in [1.807, 2.05) is 0 Å². The van der Waals surface area contributed by atoms with E-state index in [4.69, 9.17) is 4.74 Å². The first-order chi connectivity index (χ1) is 6.74. The first-order valence-electron chi connectivity index (χ1n) is 4.45. The lowest BCUT2D eigenvalue weighted by molar-refractivity contribution is 0.140. The quantitative estimate of drug-likeness (QED) is 0.573. The third-order valence-corrected chi connectivity index (χ3v) is 1.91. The Kier molecular flexibility index (Phi) is 4.69. The van der Waals surface area contributed by atoms with Crippen molar-refractivity contribution >= 4 is 12.6 Å². The lowest BCUT2D eigenvalue weighted by atomic mass is 10.4. The molecule has 0 unspecified atom stereocenters. The van der Waals surface area contributed by atoms with Gasteiger partial charge in [-0.1, -0.05) is 0 Å². The number of nitrogens with zero attached hydrogens (tertiary/aromatic N) is 2. The SMILES string of the molecule is Cc1cc(=O)n(CCOCCS)cn1. The molecule has 0 saturated carbocycles. The van der Waals surface area contributed by atoms with E-state index >= 15 is 0 Å². The summed E-state index contributed by atoms with van der Waals surface area (Å²) < 4.78 is 6.74. The minimum absolute atomic E-state index is 0.0352. The first kappa shape index (κ1) is 11.3. The van der Waals surface area contributed by atoms with Gasteiger partial charge in [-0.2, -0.15) is 12.6 Å². The first-order valence-corrected chi connectivity index (χ1v) is 5.09. The number of hydrogen-bond donors (Lipinski definition) is 1. The summed E-state index contributed by atoms with van der Waals surface area (Å²) in [7, 11) is 0. The van der Waals surface area contributed by atoms with Gasteiger partial charge in [0.1, 0.15) is 0 Å². The molecule has 0 atom stereocenters. The monoisotopic (exact) mass is 214 g/mol. The maximum absolute atomic E-state index is 11.4. The smallest absolute Gasteiger partial charge is 0.253 e. The maximum Gasteiger partial charge on any atom is 0.253 e. The highest BCUT2D eigenvalue weighted by atomic mass is 32.1. The van der Waals surface area contributed by atoms with Crippen LogP contribution in [-0.2, 0) is 11.3 Å². The van der Waals surface area contributed by atoms with Crippen LogP contribution in [0.15, 0.2) is 17.2 Å². The lowest BCUT2D eigenvalue weighted by Gasteiger charge is -2.05. The molecule has 0 aliphatic carbocycles. The van der Waals surface area contributed by atoms with Gasteiger partial charge in [0.05, 0.1) is 26.1 Å². The maximum atomic E-state index is 11.4. The fourth-order valence-electron chi connectivity index (χ4n) is 1.01. The predicted molar refractivity (Wildman–Crippen MR) is 57.9 cm³/mol. The number of aryl methyl sites for hydroxylation is 1. The van der Waals surface area contributed by atoms with Crippen LogP contribution >= 0.6 is 12.6 Å². The Balaban J connectivity index is 2.47. The van der Waals surface area contributed by atoms with Gasteiger partial charge in [-0.05, 0) is 6.92 Å². The Morgan fingerprint density at radius 3 is 3.00 bits per heavy atom. The standard InChI is InChI=1S/C9H14N2O2S/c1-8-6-9(12)11(7-10-8)2-3-13-4-5-14/h6-7,14H,2-5H2,1H3. The van der Waals surface area contributed by atoms with Crippen molar-refractivity contribution in [2.45, 2.75) is 13.5 Å². The summed E-state index contributed by atoms with van der Waals surface area (Å²) in [6, 6.07) is 1.51. The van der Waals surface area contributed by atoms with Crippen LogP contribution in [-0.4, -0.2) is 28.5 Å². The fraction of sp³-hybridized carbons (Fsp3) is 0.556. The topological polar surface area (TPSA) is 44.1 Å². The molecule has 0 saturated heterocycles. The summed E-state index contributed by atoms with van der Waals surface area (Å²) in [5, 5.41) is 0. The fourth-order valence-corrected chi connectivity index (χ4v) is 1.14. The van der Waals surface area contributed by atoms with Crippen molar-refractivity contribution in [2.24, 2.45) is 0 Å². The van der Waals surface area contributed by atoms with Crippen molar-refractivity contribution in [3.63, 3.8) is 0 Å². The Labute approximate surface area is 88.3 Å². The van der Waals surface area contributed by atoms with Crippen LogP contribution in [0.25, 0.3) is 0 Å². The van der Waals surface area contributed by atoms with Gasteiger partial charge in [-0.25, -0.2) is 4.98 Å². The summed E-state index contributed by atoms with van der Waals surface area (Å²) >= 11 is 4.01. The van der Waals surface area contributed by atoms with E-state index in [-0.39, 0.29) is 5.56 Å². The highest BCUT2D eigenvalue weighted by Crippen LogP contribution is 1.86. The third kappa shape index (κ3) is 3.51. The minimum Gasteiger partial charge on any atom is -0.379 e. The van der Waals surface area contributed by atoms with Crippen molar-refractivity contribution in [2.75, 3.05) is 19.0 Å². The molecule has 1 aromatic heterocycles. The summed E-state index contributed by atoms with van der Waals surface area (Å²) in [4.78, 5) is 15.4. The number of thiol groups is 1. The molecule has 0 N–H and O–H groups in total. The zero-order valence-electron chi connectivity index (χ0n) is 8.14. The van der Waals surface area contributed by atoms with Crippen LogP contribution < -0.4 is 5.56 Å². The van der Waals surface area contributed by atoms with Crippen molar-refractivity contribution in [1.82, 2.24) is 9.55 Å². The predicted octanol–water partition coefficient (Wildman–Crippen LogP) is 0.498. The van der Waals surface area contributed by atoms with E-state index in [0.717, 1.165) is 5.69 Å². The number of hydrogen-bond acceptors (Lipinski definition) is 4. The van der Waals surface area contributed by atoms with Crippen molar-refractivity contribution in [3.8, 4) is 0 Å². The Hall–Kier alpha value is -0.810. The largest absolute Gasteiger partial charge is 0.379 e. The lowest BCUT2D eigenvalue weighted by Crippen LogP contribution is -2.22. The van der Waals surface area contributed by atoms with E-state index in [2.05, 4.69) is 17.6 Å². The molecule has 1 aromatic rings. The summed E-state index contributed by atoms with van der Waals surface area (Å²) in [5.41, 5.74) is 0.703. The van der Waals surface area contributed by atoms with Crippen LogP contribution in [0.1, 0.15) is 5.69 Å². The molecule has 4 nitrogen and oxygen atoms in total. The zero-order valence-corrected chi connectivity index (χ0v) is 9.04. The van der Waals surface area contributed by atoms with Gasteiger partial charge < -0.3 is 4.74 Å². The second-order valence-corrected chi connectivity index (χ2v) is 3.35. The number of rotatable bonds is 5. The molecule has 0 bridgehead atoms. The molecule has 1 heterocycles. The van der Waals surface area contributed by atoms with Crippen LogP contribution in [0.3, 0.4) is 0 Å². The zero-order chi connectivity index (χ0) is 10.4. The van der Waals surface area contributed by atoms with Gasteiger partial charge in [0.15, 0.2) is 0 Å². The van der Waals surface area contributed by atoms with Crippen LogP contribution in [0.2, 0.25) is 0 Å². The molecule has 0 amide bonds. The second-order valence-electron chi connectivity index (χ2n) is 2.90. The van der Waals surface area contributed by atoms with E-state index in [9.17, 15) is 4.79 Å². The molecule has 0 spiro atoms. The molecule has 78 valence electrons. The average Bonchev–Trinajstić information content (AvgIpc) is 2.15. The minimum atomic E-state index is -0.0352. The highest BCUT2D eigenvalue weighted by molar-refractivity contribution is 7.80. The molecule has 1 rings (SSSR count). The molecule has 5 heteroatoms. The normalized spacial score (nSPS) is 10.4. The molecular weight excluding hydrogens is 200 g/mol. The number of aromatic nitrogens is 2. The Morgan fingerprint density at radius 2 is 2.36 bits per heavy atom. The summed E-state index contributed by atoms with van der Waals surface area (Å²) in [6.07, 6.45) is 1.54. The van der Waals surface area contributed by atoms with Crippen LogP contribution in [0.5, 0.6) is 0 Å². The summed E-state index contributed by atoms with van der Waals surface area (Å²) in [6.45, 7) is 3.46. The van der Waals surface area contributed by atoms with Crippen LogP contribution in [0, 0.1) is 6.92 Å². The molecule has 0 aliphatic rings. The average molecular weight is 214 g/mol. The Morgan fingerprint density at radius 1 is 1.57 bits per heavy atom. The van der Waals surface area contributed by atoms with Crippen LogP contribution in [0.4, 0.5) is 0 Å². The molecule has 0 aromatic carbocycles. The summed E-state index contributed by atoms with van der Waals surface area (Å²) in [5.74, 6) is 0.695. The molecule has 0 aliphatic heterocycles. The van der Waals surface area contributed by atoms with E-state index in [0.29, 0.717) is 25.5 Å². The van der Waals surface area contributed by atoms with Crippen molar-refractivity contribution in [1.29, 1.82) is 0 Å². The van der Waals surface area contributed by atoms with Crippen molar-refractivity contribution in [3.05, 3.63) is 28.4 Å². The van der Waals surface area contributed by atoms with E-state index < -0.39 is 0 Å². The number of ether oxygens (including phenoxy) is 1. The van der Waals surface area contributed by atoms with Gasteiger partial charge in [-0.3, -0.25) is 9.36 Å². The van der Waals surface area contributed by atoms with Gasteiger partial charge in [0.25, 0.3) is 5.56 Å². The molecule has 0 radical (unpaired) electrons. The van der Waals surface area contributed by atoms with Crippen molar-refractivity contribution < 1.29 is 4.74 Å². The van der Waals surface area contributed by atoms with Gasteiger partial charge in [0.2, 0.25) is 0 Å². The second kappa shape index (κ2) is 5.82. The van der Waals surface area contributed by atoms with Gasteiger partial charge in [-0.15, -0.1) is 0 Å². The van der Waals surface area contributed by atoms with E-state index in [1.54, 1.807) is 13.3 Å². The molecule has 14 heavy (non-hydrogen) atoms. The Bertz CT molecular complexity index is 338.